The van der Waals surface area contributed by atoms with E-state index in [4.69, 9.17) is 4.98 Å². The van der Waals surface area contributed by atoms with Gasteiger partial charge in [0.25, 0.3) is 6.33 Å². The number of fused-ring (bicyclic) bond motifs is 3. The van der Waals surface area contributed by atoms with Gasteiger partial charge in [-0.1, -0.05) is 104 Å². The molecule has 0 N–H and O–H groups in total. The molecular weight excluding hydrogens is 460 g/mol. The second-order valence-electron chi connectivity index (χ2n) is 11.0. The van der Waals surface area contributed by atoms with E-state index in [2.05, 4.69) is 127 Å². The summed E-state index contributed by atoms with van der Waals surface area (Å²) >= 11 is 0. The van der Waals surface area contributed by atoms with Gasteiger partial charge in [0.15, 0.2) is 5.69 Å². The minimum Gasteiger partial charge on any atom is -0.229 e. The summed E-state index contributed by atoms with van der Waals surface area (Å²) in [6, 6.07) is 39.7. The molecule has 0 spiro atoms. The Kier molecular flexibility index (Phi) is 5.69. The normalized spacial score (nSPS) is 18.3. The van der Waals surface area contributed by atoms with Crippen LogP contribution in [0, 0.1) is 5.92 Å². The van der Waals surface area contributed by atoms with Crippen LogP contribution < -0.4 is 4.57 Å². The minimum atomic E-state index is 0.177. The van der Waals surface area contributed by atoms with Crippen LogP contribution in [0.3, 0.4) is 0 Å². The predicted molar refractivity (Wildman–Crippen MR) is 155 cm³/mol. The van der Waals surface area contributed by atoms with Crippen molar-refractivity contribution in [3.8, 4) is 44.8 Å². The molecule has 7 rings (SSSR count). The molecule has 0 amide bonds. The molecule has 2 aliphatic rings. The van der Waals surface area contributed by atoms with Gasteiger partial charge >= 0.3 is 0 Å². The first-order valence-electron chi connectivity index (χ1n) is 14.0. The smallest absolute Gasteiger partial charge is 0.229 e. The van der Waals surface area contributed by atoms with Crippen LogP contribution in [-0.4, -0.2) is 4.98 Å². The van der Waals surface area contributed by atoms with Crippen LogP contribution in [0.2, 0.25) is 0 Å². The first kappa shape index (κ1) is 23.1. The average molecular weight is 494 g/mol. The molecule has 1 atom stereocenters. The highest BCUT2D eigenvalue weighted by Gasteiger charge is 2.48. The number of rotatable bonds is 5. The van der Waals surface area contributed by atoms with Crippen molar-refractivity contribution >= 4 is 0 Å². The summed E-state index contributed by atoms with van der Waals surface area (Å²) in [5.41, 5.74) is 11.5. The molecule has 38 heavy (non-hydrogen) atoms. The van der Waals surface area contributed by atoms with Crippen molar-refractivity contribution in [2.75, 3.05) is 0 Å². The summed E-state index contributed by atoms with van der Waals surface area (Å²) in [6.45, 7) is 3.40. The highest BCUT2D eigenvalue weighted by molar-refractivity contribution is 5.77. The summed E-state index contributed by atoms with van der Waals surface area (Å²) in [4.78, 5) is 5.02. The Morgan fingerprint density at radius 3 is 2.03 bits per heavy atom. The summed E-state index contributed by atoms with van der Waals surface area (Å²) in [5.74, 6) is 0.747. The Morgan fingerprint density at radius 2 is 1.37 bits per heavy atom. The van der Waals surface area contributed by atoms with Gasteiger partial charge in [0.2, 0.25) is 0 Å². The van der Waals surface area contributed by atoms with Gasteiger partial charge in [-0.05, 0) is 70.1 Å². The summed E-state index contributed by atoms with van der Waals surface area (Å²) in [6.07, 6.45) is 7.28. The lowest BCUT2D eigenvalue weighted by atomic mass is 9.58. The summed E-state index contributed by atoms with van der Waals surface area (Å²) in [5, 5.41) is 0. The van der Waals surface area contributed by atoms with Crippen LogP contribution in [-0.2, 0) is 12.0 Å². The quantitative estimate of drug-likeness (QED) is 0.224. The van der Waals surface area contributed by atoms with Crippen LogP contribution in [0.1, 0.15) is 38.2 Å². The molecule has 5 aromatic rings. The maximum Gasteiger partial charge on any atom is 0.287 e. The molecule has 1 aromatic heterocycles. The number of hydrogen-bond acceptors (Lipinski definition) is 1. The van der Waals surface area contributed by atoms with E-state index < -0.39 is 0 Å². The third-order valence-corrected chi connectivity index (χ3v) is 9.09. The van der Waals surface area contributed by atoms with E-state index in [1.165, 1.54) is 58.3 Å². The van der Waals surface area contributed by atoms with Crippen molar-refractivity contribution in [2.45, 2.75) is 44.6 Å². The van der Waals surface area contributed by atoms with Gasteiger partial charge in [0.1, 0.15) is 12.2 Å². The van der Waals surface area contributed by atoms with Crippen molar-refractivity contribution in [3.05, 3.63) is 121 Å². The lowest BCUT2D eigenvalue weighted by Gasteiger charge is -2.47. The third kappa shape index (κ3) is 3.79. The second-order valence-corrected chi connectivity index (χ2v) is 11.0. The zero-order valence-electron chi connectivity index (χ0n) is 22.0. The number of aromatic nitrogens is 2. The Bertz CT molecular complexity index is 1600. The predicted octanol–water partition coefficient (Wildman–Crippen LogP) is 8.50. The number of nitrogens with zero attached hydrogens (tertiary/aromatic N) is 2. The van der Waals surface area contributed by atoms with Gasteiger partial charge in [-0.3, -0.25) is 0 Å². The van der Waals surface area contributed by atoms with Crippen molar-refractivity contribution in [1.82, 2.24) is 4.98 Å². The van der Waals surface area contributed by atoms with Crippen molar-refractivity contribution in [1.29, 1.82) is 0 Å². The molecule has 186 valence electrons. The first-order chi connectivity index (χ1) is 18.7. The Labute approximate surface area is 225 Å². The second kappa shape index (κ2) is 9.36. The number of benzene rings is 4. The van der Waals surface area contributed by atoms with Gasteiger partial charge in [0, 0.05) is 22.6 Å². The molecule has 0 radical (unpaired) electrons. The highest BCUT2D eigenvalue weighted by Crippen LogP contribution is 2.51. The molecule has 1 fully saturated rings. The van der Waals surface area contributed by atoms with Crippen LogP contribution in [0.25, 0.3) is 44.8 Å². The minimum absolute atomic E-state index is 0.177. The number of hydrogen-bond donors (Lipinski definition) is 0. The van der Waals surface area contributed by atoms with E-state index in [-0.39, 0.29) is 5.41 Å². The van der Waals surface area contributed by atoms with E-state index >= 15 is 0 Å². The molecule has 1 unspecified atom stereocenters. The molecule has 1 aliphatic heterocycles. The molecule has 1 saturated carbocycles. The zero-order valence-corrected chi connectivity index (χ0v) is 22.0. The largest absolute Gasteiger partial charge is 0.287 e. The Morgan fingerprint density at radius 1 is 0.711 bits per heavy atom. The van der Waals surface area contributed by atoms with Gasteiger partial charge in [-0.25, -0.2) is 4.57 Å². The van der Waals surface area contributed by atoms with E-state index in [0.29, 0.717) is 0 Å². The topological polar surface area (TPSA) is 16.8 Å². The Balaban J connectivity index is 1.38. The van der Waals surface area contributed by atoms with Gasteiger partial charge in [0.05, 0.1) is 0 Å². The van der Waals surface area contributed by atoms with Gasteiger partial charge < -0.3 is 0 Å². The molecule has 2 heteroatoms. The molecule has 1 aliphatic carbocycles. The molecule has 2 heterocycles. The standard InChI is InChI=1S/C36H33N2/c1-2-36(31-17-10-18-31)24-38-25-37-34(30-16-9-15-28(21-30)26-11-5-3-6-12-26)23-35(38)32-22-29(19-20-33(32)36)27-13-7-4-8-14-27/h3-9,11-16,19-23,25,31H,2,10,17-18,24H2,1H3/q+1. The summed E-state index contributed by atoms with van der Waals surface area (Å²) < 4.78 is 2.43. The van der Waals surface area contributed by atoms with E-state index in [9.17, 15) is 0 Å². The molecular formula is C36H33N2+. The summed E-state index contributed by atoms with van der Waals surface area (Å²) in [7, 11) is 0. The van der Waals surface area contributed by atoms with Crippen molar-refractivity contribution < 1.29 is 4.57 Å². The van der Waals surface area contributed by atoms with E-state index in [1.54, 1.807) is 0 Å². The van der Waals surface area contributed by atoms with Gasteiger partial charge in [-0.15, -0.1) is 0 Å². The molecule has 0 saturated heterocycles. The first-order valence-corrected chi connectivity index (χ1v) is 14.0. The maximum atomic E-state index is 5.02. The Hall–Kier alpha value is -4.04. The zero-order chi connectivity index (χ0) is 25.5. The maximum absolute atomic E-state index is 5.02. The molecule has 2 nitrogen and oxygen atoms in total. The van der Waals surface area contributed by atoms with Crippen LogP contribution in [0.4, 0.5) is 0 Å². The lowest BCUT2D eigenvalue weighted by Crippen LogP contribution is -2.55. The van der Waals surface area contributed by atoms with Crippen molar-refractivity contribution in [2.24, 2.45) is 5.92 Å². The highest BCUT2D eigenvalue weighted by atomic mass is 15.0. The molecule has 0 bridgehead atoms. The molecule has 4 aromatic carbocycles. The van der Waals surface area contributed by atoms with Crippen LogP contribution >= 0.6 is 0 Å². The van der Waals surface area contributed by atoms with Crippen LogP contribution in [0.5, 0.6) is 0 Å². The monoisotopic (exact) mass is 493 g/mol. The van der Waals surface area contributed by atoms with E-state index in [0.717, 1.165) is 30.1 Å². The lowest BCUT2D eigenvalue weighted by molar-refractivity contribution is -0.701. The van der Waals surface area contributed by atoms with Gasteiger partial charge in [-0.2, -0.15) is 0 Å². The fraction of sp³-hybridized carbons (Fsp3) is 0.222. The third-order valence-electron chi connectivity index (χ3n) is 9.09. The fourth-order valence-electron chi connectivity index (χ4n) is 6.74. The van der Waals surface area contributed by atoms with Crippen LogP contribution in [0.15, 0.2) is 116 Å². The fourth-order valence-corrected chi connectivity index (χ4v) is 6.74. The average Bonchev–Trinajstić information content (AvgIpc) is 2.97. The van der Waals surface area contributed by atoms with E-state index in [1.807, 2.05) is 0 Å². The van der Waals surface area contributed by atoms with Crippen molar-refractivity contribution in [3.63, 3.8) is 0 Å². The SMILES string of the molecule is CCC1(C2CCC2)C[n+]2cnc(-c3cccc(-c4ccccc4)c3)cc2-c2cc(-c3ccccc3)ccc21.